The van der Waals surface area contributed by atoms with Gasteiger partial charge in [-0.25, -0.2) is 0 Å². The fourth-order valence-corrected chi connectivity index (χ4v) is 4.50. The minimum atomic E-state index is 0.647. The van der Waals surface area contributed by atoms with Crippen LogP contribution in [0.4, 0.5) is 0 Å². The van der Waals surface area contributed by atoms with Gasteiger partial charge < -0.3 is 5.73 Å². The summed E-state index contributed by atoms with van der Waals surface area (Å²) in [6, 6.07) is 2.32. The van der Waals surface area contributed by atoms with Gasteiger partial charge in [-0.1, -0.05) is 6.92 Å². The van der Waals surface area contributed by atoms with Gasteiger partial charge in [0.25, 0.3) is 0 Å². The Morgan fingerprint density at radius 2 is 1.82 bits per heavy atom. The van der Waals surface area contributed by atoms with Crippen molar-refractivity contribution in [1.29, 1.82) is 0 Å². The van der Waals surface area contributed by atoms with Crippen molar-refractivity contribution in [3.8, 4) is 0 Å². The van der Waals surface area contributed by atoms with Crippen LogP contribution in [0.1, 0.15) is 39.0 Å². The molecule has 3 heterocycles. The zero-order valence-electron chi connectivity index (χ0n) is 11.1. The molecule has 0 aromatic carbocycles. The predicted octanol–water partition coefficient (Wildman–Crippen LogP) is 1.28. The largest absolute Gasteiger partial charge is 0.329 e. The van der Waals surface area contributed by atoms with Crippen LogP contribution in [0.15, 0.2) is 0 Å². The predicted molar refractivity (Wildman–Crippen MR) is 70.9 cm³/mol. The lowest BCUT2D eigenvalue weighted by atomic mass is 9.88. The molecule has 17 heavy (non-hydrogen) atoms. The summed E-state index contributed by atoms with van der Waals surface area (Å²) in [6.07, 6.45) is 6.97. The zero-order chi connectivity index (χ0) is 11.8. The quantitative estimate of drug-likeness (QED) is 0.785. The molecule has 0 aromatic rings. The fourth-order valence-electron chi connectivity index (χ4n) is 4.50. The van der Waals surface area contributed by atoms with Crippen molar-refractivity contribution in [2.24, 2.45) is 11.7 Å². The van der Waals surface area contributed by atoms with E-state index in [0.29, 0.717) is 6.04 Å². The molecule has 3 nitrogen and oxygen atoms in total. The first-order valence-electron chi connectivity index (χ1n) is 7.51. The first-order valence-corrected chi connectivity index (χ1v) is 7.51. The SMILES string of the molecule is CC1CCCN(C2CCN3CCCC23)C1CN. The second kappa shape index (κ2) is 4.87. The molecule has 3 rings (SSSR count). The number of piperidine rings is 1. The standard InChI is InChI=1S/C14H27N3/c1-11-4-2-8-17(14(11)10-15)13-6-9-16-7-3-5-12(13)16/h11-14H,2-10,15H2,1H3. The van der Waals surface area contributed by atoms with Crippen LogP contribution in [0.25, 0.3) is 0 Å². The highest BCUT2D eigenvalue weighted by Crippen LogP contribution is 2.35. The Balaban J connectivity index is 1.73. The summed E-state index contributed by atoms with van der Waals surface area (Å²) in [5, 5.41) is 0. The third-order valence-corrected chi connectivity index (χ3v) is 5.40. The summed E-state index contributed by atoms with van der Waals surface area (Å²) in [7, 11) is 0. The maximum absolute atomic E-state index is 6.03. The van der Waals surface area contributed by atoms with Crippen molar-refractivity contribution < 1.29 is 0 Å². The van der Waals surface area contributed by atoms with Crippen LogP contribution in [0.2, 0.25) is 0 Å². The lowest BCUT2D eigenvalue weighted by Crippen LogP contribution is -2.55. The fraction of sp³-hybridized carbons (Fsp3) is 1.00. The van der Waals surface area contributed by atoms with E-state index in [2.05, 4.69) is 16.7 Å². The summed E-state index contributed by atoms with van der Waals surface area (Å²) in [5.41, 5.74) is 6.03. The smallest absolute Gasteiger partial charge is 0.0267 e. The molecule has 0 spiro atoms. The lowest BCUT2D eigenvalue weighted by molar-refractivity contribution is 0.0494. The molecule has 4 unspecified atom stereocenters. The van der Waals surface area contributed by atoms with Crippen molar-refractivity contribution >= 4 is 0 Å². The Bertz CT molecular complexity index is 268. The van der Waals surface area contributed by atoms with Crippen LogP contribution < -0.4 is 5.73 Å². The number of nitrogens with zero attached hydrogens (tertiary/aromatic N) is 2. The topological polar surface area (TPSA) is 32.5 Å². The molecule has 3 aliphatic heterocycles. The van der Waals surface area contributed by atoms with Crippen LogP contribution in [0.5, 0.6) is 0 Å². The average molecular weight is 237 g/mol. The molecule has 3 aliphatic rings. The lowest BCUT2D eigenvalue weighted by Gasteiger charge is -2.44. The summed E-state index contributed by atoms with van der Waals surface area (Å²) >= 11 is 0. The van der Waals surface area contributed by atoms with E-state index in [4.69, 9.17) is 5.73 Å². The van der Waals surface area contributed by atoms with E-state index in [9.17, 15) is 0 Å². The van der Waals surface area contributed by atoms with Crippen molar-refractivity contribution in [3.05, 3.63) is 0 Å². The average Bonchev–Trinajstić information content (AvgIpc) is 2.90. The van der Waals surface area contributed by atoms with Gasteiger partial charge in [-0.3, -0.25) is 9.80 Å². The van der Waals surface area contributed by atoms with E-state index in [-0.39, 0.29) is 0 Å². The maximum Gasteiger partial charge on any atom is 0.0267 e. The van der Waals surface area contributed by atoms with E-state index >= 15 is 0 Å². The van der Waals surface area contributed by atoms with E-state index < -0.39 is 0 Å². The summed E-state index contributed by atoms with van der Waals surface area (Å²) < 4.78 is 0. The molecular weight excluding hydrogens is 210 g/mol. The maximum atomic E-state index is 6.03. The van der Waals surface area contributed by atoms with Gasteiger partial charge in [-0.15, -0.1) is 0 Å². The van der Waals surface area contributed by atoms with Gasteiger partial charge in [0.05, 0.1) is 0 Å². The Morgan fingerprint density at radius 3 is 2.65 bits per heavy atom. The van der Waals surface area contributed by atoms with Crippen molar-refractivity contribution in [1.82, 2.24) is 9.80 Å². The van der Waals surface area contributed by atoms with E-state index in [1.165, 1.54) is 51.7 Å². The van der Waals surface area contributed by atoms with Gasteiger partial charge in [0, 0.05) is 31.2 Å². The Hall–Kier alpha value is -0.120. The molecule has 0 bridgehead atoms. The number of fused-ring (bicyclic) bond motifs is 1. The van der Waals surface area contributed by atoms with Crippen molar-refractivity contribution in [3.63, 3.8) is 0 Å². The summed E-state index contributed by atoms with van der Waals surface area (Å²) in [4.78, 5) is 5.50. The van der Waals surface area contributed by atoms with Gasteiger partial charge in [0.2, 0.25) is 0 Å². The number of likely N-dealkylation sites (tertiary alicyclic amines) is 1. The number of hydrogen-bond acceptors (Lipinski definition) is 3. The van der Waals surface area contributed by atoms with Crippen LogP contribution >= 0.6 is 0 Å². The van der Waals surface area contributed by atoms with Crippen LogP contribution in [0, 0.1) is 5.92 Å². The minimum Gasteiger partial charge on any atom is -0.329 e. The van der Waals surface area contributed by atoms with E-state index in [1.807, 2.05) is 0 Å². The highest BCUT2D eigenvalue weighted by atomic mass is 15.3. The molecule has 3 heteroatoms. The van der Waals surface area contributed by atoms with Gasteiger partial charge in [0.1, 0.15) is 0 Å². The van der Waals surface area contributed by atoms with E-state index in [1.54, 1.807) is 0 Å². The molecule has 0 aromatic heterocycles. The van der Waals surface area contributed by atoms with Crippen LogP contribution in [-0.2, 0) is 0 Å². The molecule has 3 saturated heterocycles. The minimum absolute atomic E-state index is 0.647. The van der Waals surface area contributed by atoms with Crippen LogP contribution in [-0.4, -0.2) is 54.1 Å². The molecule has 0 radical (unpaired) electrons. The van der Waals surface area contributed by atoms with Gasteiger partial charge in [-0.05, 0) is 51.1 Å². The number of nitrogens with two attached hydrogens (primary N) is 1. The highest BCUT2D eigenvalue weighted by Gasteiger charge is 2.43. The molecule has 4 atom stereocenters. The highest BCUT2D eigenvalue weighted by molar-refractivity contribution is 5.00. The first kappa shape index (κ1) is 11.9. The first-order chi connectivity index (χ1) is 8.31. The number of hydrogen-bond donors (Lipinski definition) is 1. The third-order valence-electron chi connectivity index (χ3n) is 5.40. The molecule has 98 valence electrons. The Kier molecular flexibility index (Phi) is 3.42. The second-order valence-electron chi connectivity index (χ2n) is 6.26. The summed E-state index contributed by atoms with van der Waals surface area (Å²) in [6.45, 7) is 7.21. The molecule has 3 fully saturated rings. The molecule has 0 saturated carbocycles. The van der Waals surface area contributed by atoms with Gasteiger partial charge in [0.15, 0.2) is 0 Å². The Labute approximate surface area is 105 Å². The zero-order valence-corrected chi connectivity index (χ0v) is 11.1. The van der Waals surface area contributed by atoms with E-state index in [0.717, 1.165) is 24.5 Å². The molecular formula is C14H27N3. The van der Waals surface area contributed by atoms with Crippen molar-refractivity contribution in [2.75, 3.05) is 26.2 Å². The van der Waals surface area contributed by atoms with Gasteiger partial charge in [-0.2, -0.15) is 0 Å². The number of rotatable bonds is 2. The summed E-state index contributed by atoms with van der Waals surface area (Å²) in [5.74, 6) is 0.796. The van der Waals surface area contributed by atoms with Crippen LogP contribution in [0.3, 0.4) is 0 Å². The second-order valence-corrected chi connectivity index (χ2v) is 6.26. The normalized spacial score (nSPS) is 44.1. The third kappa shape index (κ3) is 2.02. The van der Waals surface area contributed by atoms with Gasteiger partial charge >= 0.3 is 0 Å². The Morgan fingerprint density at radius 1 is 1.00 bits per heavy atom. The van der Waals surface area contributed by atoms with Crippen molar-refractivity contribution in [2.45, 2.75) is 57.2 Å². The molecule has 0 amide bonds. The molecule has 0 aliphatic carbocycles. The monoisotopic (exact) mass is 237 g/mol. The molecule has 2 N–H and O–H groups in total.